The second-order valence-electron chi connectivity index (χ2n) is 8.34. The van der Waals surface area contributed by atoms with E-state index in [0.29, 0.717) is 11.1 Å². The van der Waals surface area contributed by atoms with E-state index in [-0.39, 0.29) is 0 Å². The first-order chi connectivity index (χ1) is 16.8. The lowest BCUT2D eigenvalue weighted by molar-refractivity contribution is -0.660. The summed E-state index contributed by atoms with van der Waals surface area (Å²) in [7, 11) is 1.90. The zero-order valence-corrected chi connectivity index (χ0v) is 18.0. The van der Waals surface area contributed by atoms with Crippen LogP contribution in [0.15, 0.2) is 95.5 Å². The van der Waals surface area contributed by atoms with Crippen LogP contribution in [0, 0.1) is 13.8 Å². The maximum Gasteiger partial charge on any atom is 0.213 e. The van der Waals surface area contributed by atoms with Gasteiger partial charge in [0.1, 0.15) is 18.2 Å². The van der Waals surface area contributed by atoms with Gasteiger partial charge in [0, 0.05) is 32.1 Å². The Hall–Kier alpha value is -3.91. The van der Waals surface area contributed by atoms with Crippen LogP contribution in [-0.4, -0.2) is 0 Å². The molecule has 0 atom stereocenters. The third-order valence-corrected chi connectivity index (χ3v) is 6.41. The maximum atomic E-state index is 8.12. The van der Waals surface area contributed by atoms with Crippen LogP contribution in [0.3, 0.4) is 0 Å². The largest absolute Gasteiger partial charge is 0.456 e. The summed E-state index contributed by atoms with van der Waals surface area (Å²) < 4.78 is 32.6. The third kappa shape index (κ3) is 2.76. The number of fused-ring (bicyclic) bond motifs is 5. The molecule has 0 aliphatic carbocycles. The highest BCUT2D eigenvalue weighted by atomic mass is 16.3. The fraction of sp³-hybridized carbons (Fsp3) is 0.100. The van der Waals surface area contributed by atoms with Crippen LogP contribution < -0.4 is 4.57 Å². The normalized spacial score (nSPS) is 13.4. The van der Waals surface area contributed by atoms with E-state index in [9.17, 15) is 0 Å². The van der Waals surface area contributed by atoms with Gasteiger partial charge in [-0.1, -0.05) is 60.7 Å². The minimum absolute atomic E-state index is 0.337. The maximum absolute atomic E-state index is 8.12. The minimum atomic E-state index is -2.22. The van der Waals surface area contributed by atoms with Gasteiger partial charge in [-0.2, -0.15) is 0 Å². The summed E-state index contributed by atoms with van der Waals surface area (Å²) in [6.07, 6.45) is 1.74. The van der Waals surface area contributed by atoms with Crippen LogP contribution in [0.25, 0.3) is 55.1 Å². The molecule has 0 fully saturated rings. The van der Waals surface area contributed by atoms with Gasteiger partial charge < -0.3 is 4.42 Å². The number of nitrogens with zero attached hydrogens (tertiary/aromatic N) is 1. The molecule has 0 radical (unpaired) electrons. The number of aryl methyl sites for hydroxylation is 3. The number of hydrogen-bond acceptors (Lipinski definition) is 1. The van der Waals surface area contributed by atoms with Crippen molar-refractivity contribution in [3.63, 3.8) is 0 Å². The van der Waals surface area contributed by atoms with Crippen molar-refractivity contribution in [2.24, 2.45) is 7.05 Å². The Balaban J connectivity index is 1.62. The van der Waals surface area contributed by atoms with E-state index in [1.54, 1.807) is 6.20 Å². The molecule has 0 aliphatic rings. The Morgan fingerprint density at radius 2 is 1.62 bits per heavy atom. The summed E-state index contributed by atoms with van der Waals surface area (Å²) in [5.41, 5.74) is 6.63. The number of hydrogen-bond donors (Lipinski definition) is 0. The van der Waals surface area contributed by atoms with Crippen molar-refractivity contribution in [2.45, 2.75) is 13.8 Å². The summed E-state index contributed by atoms with van der Waals surface area (Å²) in [4.78, 5) is 0. The first-order valence-electron chi connectivity index (χ1n) is 12.3. The average Bonchev–Trinajstić information content (AvgIpc) is 3.25. The van der Waals surface area contributed by atoms with Gasteiger partial charge in [-0.3, -0.25) is 0 Å². The summed E-state index contributed by atoms with van der Waals surface area (Å²) in [6.45, 7) is -0.150. The molecule has 32 heavy (non-hydrogen) atoms. The second-order valence-corrected chi connectivity index (χ2v) is 8.34. The SMILES string of the molecule is [2H]C([2H])([2H])c1c[n+](C)c(-c2ccc3c(oc4ccc5ccccc5c43)c2C)cc1-c1ccccc1. The Kier molecular flexibility index (Phi) is 3.49. The number of pyridine rings is 1. The first-order valence-corrected chi connectivity index (χ1v) is 10.8. The van der Waals surface area contributed by atoms with Crippen LogP contribution >= 0.6 is 0 Å². The molecule has 2 nitrogen and oxygen atoms in total. The van der Waals surface area contributed by atoms with E-state index in [0.717, 1.165) is 44.3 Å². The Bertz CT molecular complexity index is 1750. The van der Waals surface area contributed by atoms with E-state index in [1.165, 1.54) is 10.8 Å². The molecule has 0 amide bonds. The van der Waals surface area contributed by atoms with Crippen molar-refractivity contribution in [2.75, 3.05) is 0 Å². The molecule has 0 spiro atoms. The molecule has 0 N–H and O–H groups in total. The second kappa shape index (κ2) is 7.06. The topological polar surface area (TPSA) is 17.0 Å². The molecule has 0 saturated carbocycles. The zero-order chi connectivity index (χ0) is 24.3. The van der Waals surface area contributed by atoms with Crippen molar-refractivity contribution >= 4 is 32.7 Å². The fourth-order valence-electron chi connectivity index (χ4n) is 4.80. The van der Waals surface area contributed by atoms with E-state index < -0.39 is 6.85 Å². The summed E-state index contributed by atoms with van der Waals surface area (Å²) >= 11 is 0. The standard InChI is InChI=1S/C30H24NO/c1-19-18-31(3)27(17-26(19)21-9-5-4-6-10-21)23-14-15-25-29-24-12-8-7-11-22(24)13-16-28(29)32-30(25)20(23)2/h4-18H,1-3H3/q+1/i1D3. The van der Waals surface area contributed by atoms with Gasteiger partial charge in [0.15, 0.2) is 6.20 Å². The predicted molar refractivity (Wildman–Crippen MR) is 133 cm³/mol. The van der Waals surface area contributed by atoms with Crippen molar-refractivity contribution in [1.82, 2.24) is 0 Å². The van der Waals surface area contributed by atoms with Crippen molar-refractivity contribution in [3.05, 3.63) is 102 Å². The van der Waals surface area contributed by atoms with Gasteiger partial charge in [0.25, 0.3) is 0 Å². The summed E-state index contributed by atoms with van der Waals surface area (Å²) in [6, 6.07) is 28.4. The number of furan rings is 1. The lowest BCUT2D eigenvalue weighted by Gasteiger charge is -2.10. The highest BCUT2D eigenvalue weighted by molar-refractivity contribution is 6.19. The smallest absolute Gasteiger partial charge is 0.213 e. The van der Waals surface area contributed by atoms with E-state index >= 15 is 0 Å². The minimum Gasteiger partial charge on any atom is -0.456 e. The molecule has 0 aliphatic heterocycles. The van der Waals surface area contributed by atoms with E-state index in [2.05, 4.69) is 43.3 Å². The molecular formula is C30H24NO+. The van der Waals surface area contributed by atoms with Gasteiger partial charge in [-0.25, -0.2) is 4.57 Å². The van der Waals surface area contributed by atoms with Gasteiger partial charge in [-0.05, 0) is 53.9 Å². The molecule has 2 heteroatoms. The summed E-state index contributed by atoms with van der Waals surface area (Å²) in [5, 5.41) is 4.57. The molecule has 2 heterocycles. The van der Waals surface area contributed by atoms with Gasteiger partial charge in [-0.15, -0.1) is 0 Å². The van der Waals surface area contributed by atoms with E-state index in [1.807, 2.05) is 60.1 Å². The molecule has 2 aromatic heterocycles. The lowest BCUT2D eigenvalue weighted by Crippen LogP contribution is -2.31. The van der Waals surface area contributed by atoms with Crippen molar-refractivity contribution in [3.8, 4) is 22.4 Å². The molecule has 6 rings (SSSR count). The van der Waals surface area contributed by atoms with Crippen LogP contribution in [0.4, 0.5) is 0 Å². The third-order valence-electron chi connectivity index (χ3n) is 6.41. The highest BCUT2D eigenvalue weighted by Gasteiger charge is 2.20. The summed E-state index contributed by atoms with van der Waals surface area (Å²) in [5.74, 6) is 0. The quantitative estimate of drug-likeness (QED) is 0.266. The van der Waals surface area contributed by atoms with Gasteiger partial charge >= 0.3 is 0 Å². The number of benzene rings is 4. The van der Waals surface area contributed by atoms with Crippen LogP contribution in [0.5, 0.6) is 0 Å². The number of aromatic nitrogens is 1. The van der Waals surface area contributed by atoms with Crippen LogP contribution in [0.1, 0.15) is 15.2 Å². The van der Waals surface area contributed by atoms with Crippen LogP contribution in [-0.2, 0) is 7.05 Å². The van der Waals surface area contributed by atoms with E-state index in [4.69, 9.17) is 8.53 Å². The molecule has 0 unspecified atom stereocenters. The number of rotatable bonds is 2. The van der Waals surface area contributed by atoms with Gasteiger partial charge in [0.05, 0.1) is 5.56 Å². The Morgan fingerprint density at radius 3 is 2.47 bits per heavy atom. The molecular weight excluding hydrogens is 390 g/mol. The first kappa shape index (κ1) is 15.8. The Labute approximate surface area is 191 Å². The average molecular weight is 418 g/mol. The van der Waals surface area contributed by atoms with Gasteiger partial charge in [0.2, 0.25) is 5.69 Å². The highest BCUT2D eigenvalue weighted by Crippen LogP contribution is 2.39. The van der Waals surface area contributed by atoms with Crippen molar-refractivity contribution in [1.29, 1.82) is 0 Å². The molecule has 0 bridgehead atoms. The van der Waals surface area contributed by atoms with Crippen molar-refractivity contribution < 1.29 is 13.1 Å². The zero-order valence-electron chi connectivity index (χ0n) is 21.0. The molecule has 0 saturated heterocycles. The monoisotopic (exact) mass is 417 g/mol. The molecule has 154 valence electrons. The Morgan fingerprint density at radius 1 is 0.812 bits per heavy atom. The fourth-order valence-corrected chi connectivity index (χ4v) is 4.80. The molecule has 4 aromatic carbocycles. The molecule has 6 aromatic rings. The predicted octanol–water partition coefficient (Wildman–Crippen LogP) is 7.51. The lowest BCUT2D eigenvalue weighted by atomic mass is 9.96. The van der Waals surface area contributed by atoms with Crippen LogP contribution in [0.2, 0.25) is 0 Å².